The Hall–Kier alpha value is -2.89. The molecular weight excluding hydrogens is 337 g/mol. The smallest absolute Gasteiger partial charge is 0.331 e. The number of methoxy groups -OCH3 is 1. The van der Waals surface area contributed by atoms with E-state index in [-0.39, 0.29) is 18.1 Å². The van der Waals surface area contributed by atoms with Crippen molar-refractivity contribution in [1.82, 2.24) is 4.90 Å². The predicted octanol–water partition coefficient (Wildman–Crippen LogP) is 2.98. The lowest BCUT2D eigenvalue weighted by Gasteiger charge is -2.34. The minimum Gasteiger partial charge on any atom is -0.494 e. The number of benzene rings is 2. The molecule has 1 aliphatic heterocycles. The van der Waals surface area contributed by atoms with Crippen molar-refractivity contribution in [2.45, 2.75) is 25.3 Å². The van der Waals surface area contributed by atoms with Crippen LogP contribution >= 0.6 is 0 Å². The van der Waals surface area contributed by atoms with Crippen molar-refractivity contribution in [3.8, 4) is 5.75 Å². The fourth-order valence-corrected chi connectivity index (χ4v) is 3.36. The number of fused-ring (bicyclic) bond motifs is 1. The zero-order chi connectivity index (χ0) is 18.7. The third-order valence-electron chi connectivity index (χ3n) is 4.68. The topological polar surface area (TPSA) is 66.8 Å². The van der Waals surface area contributed by atoms with E-state index >= 15 is 0 Å². The molecule has 136 valence electrons. The van der Waals surface area contributed by atoms with Gasteiger partial charge in [-0.05, 0) is 41.7 Å². The van der Waals surface area contributed by atoms with Crippen LogP contribution in [0.15, 0.2) is 42.5 Å². The maximum absolute atomic E-state index is 13.8. The highest BCUT2D eigenvalue weighted by molar-refractivity contribution is 5.85. The minimum absolute atomic E-state index is 0.123. The highest BCUT2D eigenvalue weighted by Crippen LogP contribution is 2.30. The lowest BCUT2D eigenvalue weighted by Crippen LogP contribution is -2.43. The summed E-state index contributed by atoms with van der Waals surface area (Å²) in [5, 5.41) is 9.63. The summed E-state index contributed by atoms with van der Waals surface area (Å²) in [6.07, 6.45) is 1.09. The van der Waals surface area contributed by atoms with E-state index in [1.165, 1.54) is 24.1 Å². The number of rotatable bonds is 5. The molecule has 1 heterocycles. The first-order valence-corrected chi connectivity index (χ1v) is 8.43. The average molecular weight is 357 g/mol. The standard InChI is InChI=1S/C20H20FNO4/c1-26-17-8-6-13(12-16(17)21)7-9-18(23)22-11-10-14-4-2-3-5-15(14)19(22)20(24)25/h2-6,8,12,19H,7,9-11H2,1H3,(H,24,25). The van der Waals surface area contributed by atoms with Gasteiger partial charge >= 0.3 is 5.97 Å². The number of halogens is 1. The maximum Gasteiger partial charge on any atom is 0.331 e. The number of ether oxygens (including phenoxy) is 1. The Bertz CT molecular complexity index is 836. The zero-order valence-corrected chi connectivity index (χ0v) is 14.4. The van der Waals surface area contributed by atoms with Crippen LogP contribution in [0.5, 0.6) is 5.75 Å². The van der Waals surface area contributed by atoms with Gasteiger partial charge in [0, 0.05) is 13.0 Å². The fourth-order valence-electron chi connectivity index (χ4n) is 3.36. The zero-order valence-electron chi connectivity index (χ0n) is 14.4. The van der Waals surface area contributed by atoms with Gasteiger partial charge in [0.2, 0.25) is 5.91 Å². The van der Waals surface area contributed by atoms with E-state index in [0.717, 1.165) is 5.56 Å². The summed E-state index contributed by atoms with van der Waals surface area (Å²) in [7, 11) is 1.39. The number of carbonyl (C=O) groups is 2. The van der Waals surface area contributed by atoms with Crippen molar-refractivity contribution in [3.63, 3.8) is 0 Å². The Morgan fingerprint density at radius 2 is 2.04 bits per heavy atom. The van der Waals surface area contributed by atoms with Crippen LogP contribution in [0.25, 0.3) is 0 Å². The molecule has 0 aliphatic carbocycles. The van der Waals surface area contributed by atoms with Gasteiger partial charge in [-0.25, -0.2) is 9.18 Å². The molecule has 2 aromatic rings. The first-order chi connectivity index (χ1) is 12.5. The van der Waals surface area contributed by atoms with Gasteiger partial charge in [-0.1, -0.05) is 30.3 Å². The fraction of sp³-hybridized carbons (Fsp3) is 0.300. The van der Waals surface area contributed by atoms with Crippen molar-refractivity contribution in [2.24, 2.45) is 0 Å². The number of carboxylic acids is 1. The third kappa shape index (κ3) is 3.54. The van der Waals surface area contributed by atoms with Crippen molar-refractivity contribution in [1.29, 1.82) is 0 Å². The molecule has 1 atom stereocenters. The van der Waals surface area contributed by atoms with E-state index in [0.29, 0.717) is 30.5 Å². The highest BCUT2D eigenvalue weighted by Gasteiger charge is 2.35. The largest absolute Gasteiger partial charge is 0.494 e. The number of aliphatic carboxylic acids is 1. The van der Waals surface area contributed by atoms with Gasteiger partial charge in [0.05, 0.1) is 7.11 Å². The molecule has 0 aromatic heterocycles. The van der Waals surface area contributed by atoms with Crippen LogP contribution < -0.4 is 4.74 Å². The van der Waals surface area contributed by atoms with Crippen molar-refractivity contribution in [3.05, 3.63) is 65.0 Å². The SMILES string of the molecule is COc1ccc(CCC(=O)N2CCc3ccccc3C2C(=O)O)cc1F. The molecule has 6 heteroatoms. The van der Waals surface area contributed by atoms with Gasteiger partial charge < -0.3 is 14.7 Å². The number of aryl methyl sites for hydroxylation is 1. The second kappa shape index (κ2) is 7.56. The molecule has 5 nitrogen and oxygen atoms in total. The summed E-state index contributed by atoms with van der Waals surface area (Å²) in [6.45, 7) is 0.365. The Balaban J connectivity index is 1.73. The molecule has 0 radical (unpaired) electrons. The van der Waals surface area contributed by atoms with Crippen LogP contribution in [-0.4, -0.2) is 35.5 Å². The molecule has 26 heavy (non-hydrogen) atoms. The summed E-state index contributed by atoms with van der Waals surface area (Å²) >= 11 is 0. The van der Waals surface area contributed by atoms with E-state index in [9.17, 15) is 19.1 Å². The van der Waals surface area contributed by atoms with Crippen LogP contribution in [0.2, 0.25) is 0 Å². The molecule has 1 unspecified atom stereocenters. The second-order valence-corrected chi connectivity index (χ2v) is 6.25. The number of hydrogen-bond donors (Lipinski definition) is 1. The first kappa shape index (κ1) is 17.9. The molecule has 1 amide bonds. The van der Waals surface area contributed by atoms with Gasteiger partial charge in [-0.3, -0.25) is 4.79 Å². The van der Waals surface area contributed by atoms with E-state index in [1.54, 1.807) is 18.2 Å². The third-order valence-corrected chi connectivity index (χ3v) is 4.68. The van der Waals surface area contributed by atoms with Gasteiger partial charge in [0.15, 0.2) is 17.6 Å². The Morgan fingerprint density at radius 1 is 1.27 bits per heavy atom. The number of carboxylic acid groups (broad SMARTS) is 1. The Kier molecular flexibility index (Phi) is 5.21. The van der Waals surface area contributed by atoms with E-state index < -0.39 is 17.8 Å². The summed E-state index contributed by atoms with van der Waals surface area (Å²) in [5.74, 6) is -1.62. The van der Waals surface area contributed by atoms with Crippen molar-refractivity contribution >= 4 is 11.9 Å². The van der Waals surface area contributed by atoms with Gasteiger partial charge in [-0.2, -0.15) is 0 Å². The van der Waals surface area contributed by atoms with Crippen LogP contribution in [0, 0.1) is 5.82 Å². The Morgan fingerprint density at radius 3 is 2.73 bits per heavy atom. The van der Waals surface area contributed by atoms with Crippen LogP contribution in [0.1, 0.15) is 29.2 Å². The molecule has 0 bridgehead atoms. The second-order valence-electron chi connectivity index (χ2n) is 6.25. The van der Waals surface area contributed by atoms with Crippen molar-refractivity contribution < 1.29 is 23.8 Å². The molecule has 0 spiro atoms. The first-order valence-electron chi connectivity index (χ1n) is 8.43. The summed E-state index contributed by atoms with van der Waals surface area (Å²) < 4.78 is 18.6. The van der Waals surface area contributed by atoms with Crippen LogP contribution in [0.4, 0.5) is 4.39 Å². The van der Waals surface area contributed by atoms with Crippen molar-refractivity contribution in [2.75, 3.05) is 13.7 Å². The summed E-state index contributed by atoms with van der Waals surface area (Å²) in [6, 6.07) is 10.9. The van der Waals surface area contributed by atoms with E-state index in [1.807, 2.05) is 12.1 Å². The molecular formula is C20H20FNO4. The predicted molar refractivity (Wildman–Crippen MR) is 93.5 cm³/mol. The number of carbonyl (C=O) groups excluding carboxylic acids is 1. The lowest BCUT2D eigenvalue weighted by atomic mass is 9.92. The maximum atomic E-state index is 13.8. The van der Waals surface area contributed by atoms with E-state index in [4.69, 9.17) is 4.74 Å². The minimum atomic E-state index is -1.04. The molecule has 3 rings (SSSR count). The number of hydrogen-bond acceptors (Lipinski definition) is 3. The molecule has 0 fully saturated rings. The molecule has 1 aliphatic rings. The highest BCUT2D eigenvalue weighted by atomic mass is 19.1. The monoisotopic (exact) mass is 357 g/mol. The lowest BCUT2D eigenvalue weighted by molar-refractivity contribution is -0.151. The van der Waals surface area contributed by atoms with Gasteiger partial charge in [-0.15, -0.1) is 0 Å². The Labute approximate surface area is 151 Å². The summed E-state index contributed by atoms with van der Waals surface area (Å²) in [4.78, 5) is 25.8. The van der Waals surface area contributed by atoms with E-state index in [2.05, 4.69) is 0 Å². The number of amides is 1. The molecule has 1 N–H and O–H groups in total. The molecule has 0 saturated heterocycles. The molecule has 0 saturated carbocycles. The average Bonchev–Trinajstić information content (AvgIpc) is 2.65. The number of nitrogens with zero attached hydrogens (tertiary/aromatic N) is 1. The normalized spacial score (nSPS) is 16.1. The van der Waals surface area contributed by atoms with Gasteiger partial charge in [0.25, 0.3) is 0 Å². The van der Waals surface area contributed by atoms with Gasteiger partial charge in [0.1, 0.15) is 0 Å². The quantitative estimate of drug-likeness (QED) is 0.893. The summed E-state index contributed by atoms with van der Waals surface area (Å²) in [5.41, 5.74) is 2.29. The molecule has 2 aromatic carbocycles. The van der Waals surface area contributed by atoms with Crippen LogP contribution in [0.3, 0.4) is 0 Å². The van der Waals surface area contributed by atoms with Crippen LogP contribution in [-0.2, 0) is 22.4 Å².